The highest BCUT2D eigenvalue weighted by Gasteiger charge is 2.19. The Bertz CT molecular complexity index is 1140. The van der Waals surface area contributed by atoms with Gasteiger partial charge < -0.3 is 14.2 Å². The summed E-state index contributed by atoms with van der Waals surface area (Å²) in [5.41, 5.74) is 0. The molecule has 0 aromatic heterocycles. The summed E-state index contributed by atoms with van der Waals surface area (Å²) in [6, 6.07) is 0. The van der Waals surface area contributed by atoms with Gasteiger partial charge >= 0.3 is 17.9 Å². The molecular formula is C51H84O6. The zero-order chi connectivity index (χ0) is 41.5. The number of carbonyl (C=O) groups is 3. The van der Waals surface area contributed by atoms with Crippen molar-refractivity contribution in [3.63, 3.8) is 0 Å². The van der Waals surface area contributed by atoms with Crippen LogP contribution in [0.15, 0.2) is 85.1 Å². The number of unbranched alkanes of at least 4 members (excludes halogenated alkanes) is 15. The first-order valence-electron chi connectivity index (χ1n) is 23.1. The summed E-state index contributed by atoms with van der Waals surface area (Å²) < 4.78 is 16.6. The van der Waals surface area contributed by atoms with E-state index in [1.165, 1.54) is 70.6 Å². The zero-order valence-electron chi connectivity index (χ0n) is 36.8. The molecule has 0 fully saturated rings. The van der Waals surface area contributed by atoms with Gasteiger partial charge in [0.25, 0.3) is 0 Å². The Morgan fingerprint density at radius 2 is 0.719 bits per heavy atom. The molecule has 0 amide bonds. The van der Waals surface area contributed by atoms with E-state index >= 15 is 0 Å². The van der Waals surface area contributed by atoms with Gasteiger partial charge in [0, 0.05) is 19.3 Å². The molecule has 0 spiro atoms. The molecule has 0 aliphatic carbocycles. The predicted molar refractivity (Wildman–Crippen MR) is 242 cm³/mol. The highest BCUT2D eigenvalue weighted by molar-refractivity contribution is 5.71. The molecular weight excluding hydrogens is 709 g/mol. The normalized spacial score (nSPS) is 12.8. The zero-order valence-corrected chi connectivity index (χ0v) is 36.8. The van der Waals surface area contributed by atoms with Gasteiger partial charge in [-0.1, -0.05) is 170 Å². The number of esters is 3. The Balaban J connectivity index is 4.51. The van der Waals surface area contributed by atoms with Crippen LogP contribution in [0.1, 0.15) is 201 Å². The quantitative estimate of drug-likeness (QED) is 0.0266. The lowest BCUT2D eigenvalue weighted by atomic mass is 10.1. The van der Waals surface area contributed by atoms with Gasteiger partial charge in [0.15, 0.2) is 6.10 Å². The molecule has 0 rings (SSSR count). The van der Waals surface area contributed by atoms with Crippen LogP contribution >= 0.6 is 0 Å². The van der Waals surface area contributed by atoms with Crippen molar-refractivity contribution < 1.29 is 28.6 Å². The van der Waals surface area contributed by atoms with Gasteiger partial charge in [-0.2, -0.15) is 0 Å². The number of carbonyl (C=O) groups excluding carboxylic acids is 3. The second kappa shape index (κ2) is 45.3. The molecule has 0 aliphatic heterocycles. The van der Waals surface area contributed by atoms with Crippen LogP contribution in [0.5, 0.6) is 0 Å². The lowest BCUT2D eigenvalue weighted by Crippen LogP contribution is -2.30. The second-order valence-corrected chi connectivity index (χ2v) is 14.9. The van der Waals surface area contributed by atoms with Crippen molar-refractivity contribution in [2.45, 2.75) is 207 Å². The Hall–Kier alpha value is -3.41. The van der Waals surface area contributed by atoms with E-state index in [0.717, 1.165) is 77.0 Å². The summed E-state index contributed by atoms with van der Waals surface area (Å²) >= 11 is 0. The highest BCUT2D eigenvalue weighted by Crippen LogP contribution is 2.11. The maximum Gasteiger partial charge on any atom is 0.306 e. The summed E-state index contributed by atoms with van der Waals surface area (Å²) in [4.78, 5) is 37.7. The molecule has 0 heterocycles. The van der Waals surface area contributed by atoms with E-state index in [9.17, 15) is 14.4 Å². The molecule has 0 N–H and O–H groups in total. The molecule has 0 radical (unpaired) electrons. The topological polar surface area (TPSA) is 78.9 Å². The summed E-state index contributed by atoms with van der Waals surface area (Å²) in [6.45, 7) is 6.35. The van der Waals surface area contributed by atoms with E-state index in [2.05, 4.69) is 106 Å². The number of hydrogen-bond acceptors (Lipinski definition) is 6. The van der Waals surface area contributed by atoms with Crippen molar-refractivity contribution in [2.24, 2.45) is 0 Å². The third kappa shape index (κ3) is 43.6. The molecule has 324 valence electrons. The average Bonchev–Trinajstić information content (AvgIpc) is 3.21. The molecule has 0 aromatic rings. The maximum atomic E-state index is 12.7. The fourth-order valence-electron chi connectivity index (χ4n) is 5.87. The first-order valence-corrected chi connectivity index (χ1v) is 23.1. The minimum Gasteiger partial charge on any atom is -0.462 e. The fourth-order valence-corrected chi connectivity index (χ4v) is 5.87. The SMILES string of the molecule is CC/C=C\C/C=C\C/C=C\CCCC(=O)OC(COC(=O)CCC/C=C\C/C=C\C/C=C\CCCCCCCC)COC(=O)CCCCCCC/C=C\CCCC. The van der Waals surface area contributed by atoms with Crippen LogP contribution in [0.3, 0.4) is 0 Å². The first kappa shape index (κ1) is 53.6. The smallest absolute Gasteiger partial charge is 0.306 e. The molecule has 0 bridgehead atoms. The molecule has 1 atom stereocenters. The predicted octanol–water partition coefficient (Wildman–Crippen LogP) is 14.9. The average molecular weight is 793 g/mol. The first-order chi connectivity index (χ1) is 28.0. The third-order valence-corrected chi connectivity index (χ3v) is 9.35. The van der Waals surface area contributed by atoms with Crippen LogP contribution in [0.4, 0.5) is 0 Å². The van der Waals surface area contributed by atoms with Crippen molar-refractivity contribution in [2.75, 3.05) is 13.2 Å². The van der Waals surface area contributed by atoms with Crippen molar-refractivity contribution >= 4 is 17.9 Å². The van der Waals surface area contributed by atoms with Crippen LogP contribution < -0.4 is 0 Å². The van der Waals surface area contributed by atoms with Crippen molar-refractivity contribution in [1.29, 1.82) is 0 Å². The van der Waals surface area contributed by atoms with E-state index in [1.807, 2.05) is 0 Å². The summed E-state index contributed by atoms with van der Waals surface area (Å²) in [6.07, 6.45) is 57.3. The van der Waals surface area contributed by atoms with E-state index < -0.39 is 6.10 Å². The van der Waals surface area contributed by atoms with Crippen LogP contribution in [-0.2, 0) is 28.6 Å². The monoisotopic (exact) mass is 793 g/mol. The minimum atomic E-state index is -0.824. The molecule has 57 heavy (non-hydrogen) atoms. The van der Waals surface area contributed by atoms with Gasteiger partial charge in [0.05, 0.1) is 0 Å². The standard InChI is InChI=1S/C51H84O6/c1-4-7-10-13-16-19-22-23-24-25-26-27-30-32-35-38-41-44-50(53)56-47-48(57-51(54)45-42-39-36-33-29-21-18-15-12-9-6-3)46-55-49(52)43-40-37-34-31-28-20-17-14-11-8-5-2/h9,12,14,17-18,21,23-24,26-27,32-33,35-36,48H,4-8,10-11,13,15-16,19-20,22,25,28-31,34,37-47H2,1-3H3/b12-9-,17-14-,21-18-,24-23-,27-26-,35-32-,36-33-. The van der Waals surface area contributed by atoms with Gasteiger partial charge in [-0.05, 0) is 96.3 Å². The number of ether oxygens (including phenoxy) is 3. The summed E-state index contributed by atoms with van der Waals surface area (Å²) in [5.74, 6) is -1.05. The second-order valence-electron chi connectivity index (χ2n) is 14.9. The van der Waals surface area contributed by atoms with Crippen molar-refractivity contribution in [1.82, 2.24) is 0 Å². The van der Waals surface area contributed by atoms with Crippen molar-refractivity contribution in [3.8, 4) is 0 Å². The van der Waals surface area contributed by atoms with Crippen LogP contribution in [0.25, 0.3) is 0 Å². The third-order valence-electron chi connectivity index (χ3n) is 9.35. The van der Waals surface area contributed by atoms with Gasteiger partial charge in [0.1, 0.15) is 13.2 Å². The van der Waals surface area contributed by atoms with Gasteiger partial charge in [-0.25, -0.2) is 0 Å². The minimum absolute atomic E-state index is 0.118. The van der Waals surface area contributed by atoms with Gasteiger partial charge in [-0.15, -0.1) is 0 Å². The Labute approximate surface area is 350 Å². The molecule has 0 saturated heterocycles. The summed E-state index contributed by atoms with van der Waals surface area (Å²) in [7, 11) is 0. The lowest BCUT2D eigenvalue weighted by Gasteiger charge is -2.18. The van der Waals surface area contributed by atoms with Crippen LogP contribution in [-0.4, -0.2) is 37.2 Å². The van der Waals surface area contributed by atoms with Gasteiger partial charge in [-0.3, -0.25) is 14.4 Å². The Morgan fingerprint density at radius 3 is 1.21 bits per heavy atom. The van der Waals surface area contributed by atoms with E-state index in [1.54, 1.807) is 0 Å². The number of allylic oxidation sites excluding steroid dienone is 14. The largest absolute Gasteiger partial charge is 0.462 e. The van der Waals surface area contributed by atoms with E-state index in [4.69, 9.17) is 14.2 Å². The Kier molecular flexibility index (Phi) is 42.6. The summed E-state index contributed by atoms with van der Waals surface area (Å²) in [5, 5.41) is 0. The molecule has 6 nitrogen and oxygen atoms in total. The van der Waals surface area contributed by atoms with Gasteiger partial charge in [0.2, 0.25) is 0 Å². The number of rotatable bonds is 40. The lowest BCUT2D eigenvalue weighted by molar-refractivity contribution is -0.167. The Morgan fingerprint density at radius 1 is 0.368 bits per heavy atom. The molecule has 0 saturated carbocycles. The highest BCUT2D eigenvalue weighted by atomic mass is 16.6. The number of hydrogen-bond donors (Lipinski definition) is 0. The van der Waals surface area contributed by atoms with E-state index in [0.29, 0.717) is 19.3 Å². The molecule has 0 aromatic carbocycles. The van der Waals surface area contributed by atoms with E-state index in [-0.39, 0.29) is 44.0 Å². The molecule has 0 aliphatic rings. The fraction of sp³-hybridized carbons (Fsp3) is 0.667. The van der Waals surface area contributed by atoms with Crippen LogP contribution in [0, 0.1) is 0 Å². The molecule has 1 unspecified atom stereocenters. The maximum absolute atomic E-state index is 12.7. The van der Waals surface area contributed by atoms with Crippen LogP contribution in [0.2, 0.25) is 0 Å². The van der Waals surface area contributed by atoms with Crippen molar-refractivity contribution in [3.05, 3.63) is 85.1 Å². The molecule has 6 heteroatoms.